The van der Waals surface area contributed by atoms with Crippen molar-refractivity contribution in [1.29, 1.82) is 0 Å². The van der Waals surface area contributed by atoms with Gasteiger partial charge in [-0.1, -0.05) is 6.07 Å². The van der Waals surface area contributed by atoms with Crippen LogP contribution in [0.15, 0.2) is 35.3 Å². The van der Waals surface area contributed by atoms with Crippen molar-refractivity contribution in [3.8, 4) is 0 Å². The molecular formula is C20H23F4IN4OS. The van der Waals surface area contributed by atoms with Gasteiger partial charge in [-0.15, -0.1) is 24.0 Å². The molecule has 1 amide bonds. The molecule has 0 spiro atoms. The van der Waals surface area contributed by atoms with Crippen molar-refractivity contribution in [2.45, 2.75) is 19.2 Å². The van der Waals surface area contributed by atoms with Crippen LogP contribution in [0.25, 0.3) is 0 Å². The molecule has 2 aromatic carbocycles. The zero-order valence-corrected chi connectivity index (χ0v) is 20.0. The van der Waals surface area contributed by atoms with Crippen LogP contribution >= 0.6 is 35.7 Å². The number of halogens is 5. The molecule has 0 unspecified atom stereocenters. The third-order valence-electron chi connectivity index (χ3n) is 3.95. The van der Waals surface area contributed by atoms with Crippen LogP contribution in [0.5, 0.6) is 0 Å². The minimum absolute atomic E-state index is 0. The van der Waals surface area contributed by atoms with E-state index in [4.69, 9.17) is 0 Å². The molecule has 0 aliphatic carbocycles. The van der Waals surface area contributed by atoms with E-state index in [1.807, 2.05) is 13.2 Å². The summed E-state index contributed by atoms with van der Waals surface area (Å²) in [5.41, 5.74) is 1.21. The summed E-state index contributed by atoms with van der Waals surface area (Å²) in [6, 6.07) is 6.14. The topological polar surface area (TPSA) is 65.5 Å². The van der Waals surface area contributed by atoms with Gasteiger partial charge in [0.05, 0.1) is 18.8 Å². The van der Waals surface area contributed by atoms with Crippen LogP contribution in [0.3, 0.4) is 0 Å². The predicted octanol–water partition coefficient (Wildman–Crippen LogP) is 4.42. The van der Waals surface area contributed by atoms with Crippen LogP contribution in [0.1, 0.15) is 18.1 Å². The van der Waals surface area contributed by atoms with E-state index in [-0.39, 0.29) is 42.9 Å². The fraction of sp³-hybridized carbons (Fsp3) is 0.300. The van der Waals surface area contributed by atoms with E-state index in [9.17, 15) is 22.4 Å². The maximum atomic E-state index is 13.7. The molecular weight excluding hydrogens is 547 g/mol. The Kier molecular flexibility index (Phi) is 11.7. The van der Waals surface area contributed by atoms with Gasteiger partial charge in [0, 0.05) is 12.3 Å². The molecule has 5 nitrogen and oxygen atoms in total. The van der Waals surface area contributed by atoms with E-state index in [0.29, 0.717) is 18.3 Å². The molecule has 0 saturated heterocycles. The van der Waals surface area contributed by atoms with Crippen LogP contribution in [0.4, 0.5) is 23.2 Å². The highest BCUT2D eigenvalue weighted by atomic mass is 127. The van der Waals surface area contributed by atoms with Gasteiger partial charge in [-0.3, -0.25) is 4.79 Å². The molecule has 0 radical (unpaired) electrons. The summed E-state index contributed by atoms with van der Waals surface area (Å²) in [7, 11) is 0. The van der Waals surface area contributed by atoms with Crippen molar-refractivity contribution in [2.75, 3.05) is 24.7 Å². The number of carbonyl (C=O) groups excluding carboxylic acids is 1. The average molecular weight is 570 g/mol. The van der Waals surface area contributed by atoms with E-state index in [1.165, 1.54) is 12.1 Å². The first-order chi connectivity index (χ1) is 14.3. The van der Waals surface area contributed by atoms with Crippen LogP contribution in [-0.4, -0.2) is 31.2 Å². The normalized spacial score (nSPS) is 11.0. The summed E-state index contributed by atoms with van der Waals surface area (Å²) in [5.74, 6) is -4.51. The molecule has 0 fully saturated rings. The molecule has 0 aliphatic heterocycles. The zero-order valence-electron chi connectivity index (χ0n) is 16.9. The molecule has 0 bridgehead atoms. The van der Waals surface area contributed by atoms with Gasteiger partial charge in [-0.2, -0.15) is 11.8 Å². The number of anilines is 1. The largest absolute Gasteiger partial charge is 0.357 e. The lowest BCUT2D eigenvalue weighted by Crippen LogP contribution is -2.41. The van der Waals surface area contributed by atoms with Gasteiger partial charge < -0.3 is 16.0 Å². The van der Waals surface area contributed by atoms with Gasteiger partial charge in [-0.05, 0) is 48.6 Å². The smallest absolute Gasteiger partial charge is 0.243 e. The Labute approximate surface area is 199 Å². The average Bonchev–Trinajstić information content (AvgIpc) is 2.72. The second kappa shape index (κ2) is 13.4. The number of rotatable bonds is 8. The van der Waals surface area contributed by atoms with Crippen molar-refractivity contribution in [3.05, 3.63) is 64.7 Å². The second-order valence-corrected chi connectivity index (χ2v) is 7.03. The zero-order chi connectivity index (χ0) is 22.1. The van der Waals surface area contributed by atoms with Crippen molar-refractivity contribution in [3.63, 3.8) is 0 Å². The minimum atomic E-state index is -1.66. The van der Waals surface area contributed by atoms with E-state index in [2.05, 4.69) is 20.9 Å². The van der Waals surface area contributed by atoms with Gasteiger partial charge in [0.25, 0.3) is 0 Å². The molecule has 0 heterocycles. The summed E-state index contributed by atoms with van der Waals surface area (Å²) >= 11 is 1.56. The van der Waals surface area contributed by atoms with E-state index in [0.717, 1.165) is 23.3 Å². The van der Waals surface area contributed by atoms with Gasteiger partial charge in [0.1, 0.15) is 5.82 Å². The third kappa shape index (κ3) is 8.20. The first kappa shape index (κ1) is 27.0. The number of nitrogens with one attached hydrogen (secondary N) is 3. The van der Waals surface area contributed by atoms with Crippen molar-refractivity contribution < 1.29 is 22.4 Å². The summed E-state index contributed by atoms with van der Waals surface area (Å²) in [6.07, 6.45) is 1.91. The second-order valence-electron chi connectivity index (χ2n) is 6.17. The fourth-order valence-corrected chi connectivity index (χ4v) is 3.11. The molecule has 0 aliphatic rings. The third-order valence-corrected chi connectivity index (χ3v) is 4.55. The number of aliphatic imine (C=N–C) groups is 1. The lowest BCUT2D eigenvalue weighted by atomic mass is 10.1. The Hall–Kier alpha value is -2.02. The monoisotopic (exact) mass is 570 g/mol. The van der Waals surface area contributed by atoms with Crippen LogP contribution in [0.2, 0.25) is 0 Å². The molecule has 170 valence electrons. The molecule has 0 saturated carbocycles. The number of benzene rings is 2. The van der Waals surface area contributed by atoms with Crippen molar-refractivity contribution in [1.82, 2.24) is 10.6 Å². The van der Waals surface area contributed by atoms with Gasteiger partial charge in [0.15, 0.2) is 23.4 Å². The van der Waals surface area contributed by atoms with Crippen LogP contribution < -0.4 is 16.0 Å². The van der Waals surface area contributed by atoms with E-state index < -0.39 is 29.0 Å². The number of hydrogen-bond donors (Lipinski definition) is 3. The Morgan fingerprint density at radius 1 is 1.03 bits per heavy atom. The molecule has 0 atom stereocenters. The predicted molar refractivity (Wildman–Crippen MR) is 127 cm³/mol. The Bertz CT molecular complexity index is 930. The first-order valence-electron chi connectivity index (χ1n) is 9.07. The van der Waals surface area contributed by atoms with Crippen molar-refractivity contribution in [2.24, 2.45) is 4.99 Å². The van der Waals surface area contributed by atoms with Gasteiger partial charge in [0.2, 0.25) is 5.91 Å². The first-order valence-corrected chi connectivity index (χ1v) is 10.5. The quantitative estimate of drug-likeness (QED) is 0.145. The lowest BCUT2D eigenvalue weighted by Gasteiger charge is -2.13. The van der Waals surface area contributed by atoms with Crippen LogP contribution in [0, 0.1) is 23.3 Å². The number of nitrogens with zero attached hydrogens (tertiary/aromatic N) is 1. The Morgan fingerprint density at radius 3 is 2.45 bits per heavy atom. The molecule has 3 N–H and O–H groups in total. The number of carbonyl (C=O) groups is 1. The summed E-state index contributed by atoms with van der Waals surface area (Å²) < 4.78 is 53.4. The summed E-state index contributed by atoms with van der Waals surface area (Å²) in [4.78, 5) is 16.4. The molecule has 2 aromatic rings. The molecule has 31 heavy (non-hydrogen) atoms. The maximum Gasteiger partial charge on any atom is 0.243 e. The van der Waals surface area contributed by atoms with E-state index >= 15 is 0 Å². The molecule has 2 rings (SSSR count). The molecule has 11 heteroatoms. The fourth-order valence-electron chi connectivity index (χ4n) is 2.53. The van der Waals surface area contributed by atoms with E-state index in [1.54, 1.807) is 17.8 Å². The standard InChI is InChI=1S/C20H22F4N4OS.HI/c1-3-25-20(26-9-12-4-5-14(21)8-13(12)11-30-2)27-10-17(29)28-16-7-6-15(22)18(23)19(16)24;/h4-8H,3,9-11H2,1-2H3,(H,28,29)(H2,25,26,27);1H. The maximum absolute atomic E-state index is 13.7. The van der Waals surface area contributed by atoms with Gasteiger partial charge in [-0.25, -0.2) is 22.6 Å². The number of thioether (sulfide) groups is 1. The molecule has 0 aromatic heterocycles. The van der Waals surface area contributed by atoms with Crippen molar-refractivity contribution >= 4 is 53.3 Å². The number of hydrogen-bond acceptors (Lipinski definition) is 3. The highest BCUT2D eigenvalue weighted by Crippen LogP contribution is 2.19. The lowest BCUT2D eigenvalue weighted by molar-refractivity contribution is -0.115. The van der Waals surface area contributed by atoms with Crippen LogP contribution in [-0.2, 0) is 17.1 Å². The Morgan fingerprint density at radius 2 is 1.77 bits per heavy atom. The highest BCUT2D eigenvalue weighted by Gasteiger charge is 2.15. The Balaban J connectivity index is 0.00000480. The highest BCUT2D eigenvalue weighted by molar-refractivity contribution is 14.0. The number of amides is 1. The SMILES string of the molecule is CCNC(=NCc1ccc(F)cc1CSC)NCC(=O)Nc1ccc(F)c(F)c1F.I. The summed E-state index contributed by atoms with van der Waals surface area (Å²) in [5, 5.41) is 7.91. The van der Waals surface area contributed by atoms with Gasteiger partial charge >= 0.3 is 0 Å². The summed E-state index contributed by atoms with van der Waals surface area (Å²) in [6.45, 7) is 2.33. The minimum Gasteiger partial charge on any atom is -0.357 e. The number of guanidine groups is 1.